The summed E-state index contributed by atoms with van der Waals surface area (Å²) >= 11 is 0. The molecule has 1 rings (SSSR count). The molecule has 6 heteroatoms. The summed E-state index contributed by atoms with van der Waals surface area (Å²) < 4.78 is 9.65. The number of carboxylic acids is 1. The Morgan fingerprint density at radius 2 is 2.00 bits per heavy atom. The van der Waals surface area contributed by atoms with Gasteiger partial charge >= 0.3 is 17.9 Å². The number of esters is 2. The molecular weight excluding hydrogens is 264 g/mol. The predicted molar refractivity (Wildman–Crippen MR) is 69.4 cm³/mol. The molecule has 0 aliphatic heterocycles. The average molecular weight is 280 g/mol. The lowest BCUT2D eigenvalue weighted by molar-refractivity contribution is -0.181. The normalized spacial score (nSPS) is 22.4. The standard InChI is InChI=1S/C14H16O6/c1-3-11(15)19-12(4-2)20-14(18)10-8-6-5-7-9(10)13(16)17/h3-4,6,8-10,12H,1-2,5,7H2,(H,16,17). The van der Waals surface area contributed by atoms with E-state index in [1.165, 1.54) is 6.08 Å². The molecule has 0 heterocycles. The number of hydrogen-bond donors (Lipinski definition) is 1. The summed E-state index contributed by atoms with van der Waals surface area (Å²) in [5, 5.41) is 9.07. The number of hydrogen-bond acceptors (Lipinski definition) is 5. The molecular formula is C14H16O6. The van der Waals surface area contributed by atoms with Gasteiger partial charge in [0.15, 0.2) is 0 Å². The molecule has 0 aromatic rings. The van der Waals surface area contributed by atoms with Gasteiger partial charge in [0.25, 0.3) is 6.29 Å². The van der Waals surface area contributed by atoms with Gasteiger partial charge in [-0.2, -0.15) is 0 Å². The van der Waals surface area contributed by atoms with Crippen LogP contribution in [-0.2, 0) is 23.9 Å². The highest BCUT2D eigenvalue weighted by Crippen LogP contribution is 2.26. The molecule has 1 aliphatic carbocycles. The number of carbonyl (C=O) groups excluding carboxylic acids is 2. The minimum atomic E-state index is -1.27. The Labute approximate surface area is 116 Å². The summed E-state index contributed by atoms with van der Waals surface area (Å²) in [6, 6.07) is 0. The van der Waals surface area contributed by atoms with Crippen LogP contribution in [0.3, 0.4) is 0 Å². The van der Waals surface area contributed by atoms with Crippen LogP contribution in [0.2, 0.25) is 0 Å². The largest absolute Gasteiger partial charge is 0.481 e. The smallest absolute Gasteiger partial charge is 0.333 e. The van der Waals surface area contributed by atoms with Gasteiger partial charge in [-0.3, -0.25) is 9.59 Å². The van der Waals surface area contributed by atoms with Crippen molar-refractivity contribution in [1.82, 2.24) is 0 Å². The molecule has 0 spiro atoms. The Kier molecular flexibility index (Phi) is 5.71. The zero-order valence-corrected chi connectivity index (χ0v) is 10.9. The van der Waals surface area contributed by atoms with E-state index in [4.69, 9.17) is 14.6 Å². The summed E-state index contributed by atoms with van der Waals surface area (Å²) in [6.07, 6.45) is 4.96. The van der Waals surface area contributed by atoms with Gasteiger partial charge in [0.05, 0.1) is 11.8 Å². The first-order valence-corrected chi connectivity index (χ1v) is 6.05. The lowest BCUT2D eigenvalue weighted by Gasteiger charge is -2.24. The zero-order chi connectivity index (χ0) is 15.1. The second-order valence-corrected chi connectivity index (χ2v) is 4.16. The maximum absolute atomic E-state index is 12.0. The highest BCUT2D eigenvalue weighted by Gasteiger charge is 2.35. The highest BCUT2D eigenvalue weighted by molar-refractivity contribution is 5.84. The molecule has 0 fully saturated rings. The third-order valence-corrected chi connectivity index (χ3v) is 2.83. The summed E-state index contributed by atoms with van der Waals surface area (Å²) in [5.74, 6) is -4.33. The number of rotatable bonds is 6. The van der Waals surface area contributed by atoms with E-state index in [0.29, 0.717) is 12.8 Å². The molecule has 1 N–H and O–H groups in total. The minimum absolute atomic E-state index is 0.358. The molecule has 0 saturated heterocycles. The van der Waals surface area contributed by atoms with Gasteiger partial charge in [0.1, 0.15) is 0 Å². The molecule has 0 saturated carbocycles. The molecule has 0 aromatic carbocycles. The van der Waals surface area contributed by atoms with Crippen molar-refractivity contribution in [2.75, 3.05) is 0 Å². The predicted octanol–water partition coefficient (Wildman–Crippen LogP) is 1.44. The lowest BCUT2D eigenvalue weighted by atomic mass is 9.84. The Bertz CT molecular complexity index is 451. The monoisotopic (exact) mass is 280 g/mol. The van der Waals surface area contributed by atoms with Gasteiger partial charge in [-0.1, -0.05) is 25.3 Å². The highest BCUT2D eigenvalue weighted by atomic mass is 16.7. The Hall–Kier alpha value is -2.37. The minimum Gasteiger partial charge on any atom is -0.481 e. The Morgan fingerprint density at radius 1 is 1.30 bits per heavy atom. The number of carbonyl (C=O) groups is 3. The number of carboxylic acid groups (broad SMARTS) is 1. The van der Waals surface area contributed by atoms with Crippen LogP contribution in [0.4, 0.5) is 0 Å². The van der Waals surface area contributed by atoms with Crippen molar-refractivity contribution in [2.45, 2.75) is 19.1 Å². The molecule has 3 unspecified atom stereocenters. The fraction of sp³-hybridized carbons (Fsp3) is 0.357. The average Bonchev–Trinajstić information content (AvgIpc) is 2.45. The molecule has 0 radical (unpaired) electrons. The van der Waals surface area contributed by atoms with E-state index < -0.39 is 36.0 Å². The van der Waals surface area contributed by atoms with Crippen molar-refractivity contribution in [1.29, 1.82) is 0 Å². The number of ether oxygens (including phenoxy) is 2. The van der Waals surface area contributed by atoms with Crippen molar-refractivity contribution < 1.29 is 29.0 Å². The first-order chi connectivity index (χ1) is 9.49. The van der Waals surface area contributed by atoms with Crippen LogP contribution in [0.15, 0.2) is 37.5 Å². The van der Waals surface area contributed by atoms with Gasteiger partial charge in [-0.05, 0) is 18.9 Å². The fourth-order valence-electron chi connectivity index (χ4n) is 1.83. The van der Waals surface area contributed by atoms with E-state index >= 15 is 0 Å². The van der Waals surface area contributed by atoms with Crippen LogP contribution in [0.25, 0.3) is 0 Å². The van der Waals surface area contributed by atoms with Gasteiger partial charge < -0.3 is 14.6 Å². The maximum Gasteiger partial charge on any atom is 0.333 e. The summed E-state index contributed by atoms with van der Waals surface area (Å²) in [6.45, 7) is 6.59. The van der Waals surface area contributed by atoms with E-state index in [1.807, 2.05) is 0 Å². The van der Waals surface area contributed by atoms with Crippen LogP contribution in [0.1, 0.15) is 12.8 Å². The van der Waals surface area contributed by atoms with E-state index in [9.17, 15) is 14.4 Å². The quantitative estimate of drug-likeness (QED) is 0.342. The molecule has 3 atom stereocenters. The SMILES string of the molecule is C=CC(=O)OC(C=C)OC(=O)C1C=CCCC1C(=O)O. The fourth-order valence-corrected chi connectivity index (χ4v) is 1.83. The molecule has 0 bridgehead atoms. The van der Waals surface area contributed by atoms with Crippen molar-refractivity contribution in [2.24, 2.45) is 11.8 Å². The number of aliphatic carboxylic acids is 1. The van der Waals surface area contributed by atoms with Gasteiger partial charge in [-0.25, -0.2) is 4.79 Å². The van der Waals surface area contributed by atoms with E-state index in [-0.39, 0.29) is 0 Å². The summed E-state index contributed by atoms with van der Waals surface area (Å²) in [5.41, 5.74) is 0. The van der Waals surface area contributed by atoms with Gasteiger partial charge in [-0.15, -0.1) is 0 Å². The first kappa shape index (κ1) is 15.7. The third-order valence-electron chi connectivity index (χ3n) is 2.83. The Balaban J connectivity index is 2.72. The van der Waals surface area contributed by atoms with E-state index in [0.717, 1.165) is 12.2 Å². The van der Waals surface area contributed by atoms with Gasteiger partial charge in [0.2, 0.25) is 0 Å². The first-order valence-electron chi connectivity index (χ1n) is 6.05. The van der Waals surface area contributed by atoms with Crippen molar-refractivity contribution in [3.8, 4) is 0 Å². The maximum atomic E-state index is 12.0. The Morgan fingerprint density at radius 3 is 2.55 bits per heavy atom. The number of allylic oxidation sites excluding steroid dienone is 1. The lowest BCUT2D eigenvalue weighted by Crippen LogP contribution is -2.34. The van der Waals surface area contributed by atoms with Crippen LogP contribution in [0.5, 0.6) is 0 Å². The molecule has 6 nitrogen and oxygen atoms in total. The molecule has 1 aliphatic rings. The summed E-state index contributed by atoms with van der Waals surface area (Å²) in [4.78, 5) is 34.1. The van der Waals surface area contributed by atoms with E-state index in [2.05, 4.69) is 13.2 Å². The van der Waals surface area contributed by atoms with Crippen molar-refractivity contribution in [3.63, 3.8) is 0 Å². The molecule has 0 aromatic heterocycles. The third kappa shape index (κ3) is 4.08. The summed E-state index contributed by atoms with van der Waals surface area (Å²) in [7, 11) is 0. The second kappa shape index (κ2) is 7.28. The van der Waals surface area contributed by atoms with Crippen LogP contribution < -0.4 is 0 Å². The topological polar surface area (TPSA) is 89.9 Å². The van der Waals surface area contributed by atoms with Crippen LogP contribution in [0, 0.1) is 11.8 Å². The van der Waals surface area contributed by atoms with Gasteiger partial charge in [0, 0.05) is 6.08 Å². The van der Waals surface area contributed by atoms with Crippen molar-refractivity contribution in [3.05, 3.63) is 37.5 Å². The second-order valence-electron chi connectivity index (χ2n) is 4.16. The van der Waals surface area contributed by atoms with Crippen LogP contribution >= 0.6 is 0 Å². The molecule has 20 heavy (non-hydrogen) atoms. The van der Waals surface area contributed by atoms with Crippen molar-refractivity contribution >= 4 is 17.9 Å². The molecule has 0 amide bonds. The van der Waals surface area contributed by atoms with E-state index in [1.54, 1.807) is 6.08 Å². The zero-order valence-electron chi connectivity index (χ0n) is 10.9. The van der Waals surface area contributed by atoms with Crippen LogP contribution in [-0.4, -0.2) is 29.3 Å². The molecule has 108 valence electrons.